The molecule has 3 heterocycles. The molecular weight excluding hydrogens is 417 g/mol. The van der Waals surface area contributed by atoms with Crippen molar-refractivity contribution in [2.75, 3.05) is 44.3 Å². The summed E-state index contributed by atoms with van der Waals surface area (Å²) < 4.78 is 19.6. The number of carbonyl (C=O) groups excluding carboxylic acids is 1. The van der Waals surface area contributed by atoms with Gasteiger partial charge in [-0.05, 0) is 24.6 Å². The first-order valence-corrected chi connectivity index (χ1v) is 9.96. The van der Waals surface area contributed by atoms with Gasteiger partial charge in [-0.1, -0.05) is 11.3 Å². The van der Waals surface area contributed by atoms with Gasteiger partial charge in [-0.25, -0.2) is 14.4 Å². The number of fused-ring (bicyclic) bond motifs is 1. The number of carbonyl (C=O) groups is 1. The second-order valence-corrected chi connectivity index (χ2v) is 7.47. The molecule has 1 aliphatic rings. The molecule has 0 aliphatic carbocycles. The van der Waals surface area contributed by atoms with Crippen LogP contribution in [-0.4, -0.2) is 65.2 Å². The Kier molecular flexibility index (Phi) is 7.43. The third-order valence-corrected chi connectivity index (χ3v) is 5.60. The molecule has 4 rings (SSSR count). The van der Waals surface area contributed by atoms with E-state index in [1.54, 1.807) is 11.0 Å². The average Bonchev–Trinajstić information content (AvgIpc) is 3.15. The van der Waals surface area contributed by atoms with E-state index in [9.17, 15) is 9.18 Å². The number of morpholine rings is 1. The van der Waals surface area contributed by atoms with Crippen molar-refractivity contribution in [1.82, 2.24) is 19.9 Å². The van der Waals surface area contributed by atoms with Gasteiger partial charge in [0, 0.05) is 38.6 Å². The summed E-state index contributed by atoms with van der Waals surface area (Å²) in [4.78, 5) is 29.7. The third-order valence-electron chi connectivity index (χ3n) is 4.56. The Morgan fingerprint density at radius 3 is 2.86 bits per heavy atom. The maximum absolute atomic E-state index is 13.5. The molecule has 10 heteroatoms. The number of hydrogen-bond donors (Lipinski definition) is 0. The van der Waals surface area contributed by atoms with E-state index >= 15 is 0 Å². The highest BCUT2D eigenvalue weighted by Gasteiger charge is 2.23. The van der Waals surface area contributed by atoms with Gasteiger partial charge in [-0.2, -0.15) is 0 Å². The van der Waals surface area contributed by atoms with Gasteiger partial charge in [0.05, 0.1) is 29.6 Å². The smallest absolute Gasteiger partial charge is 0.280 e. The zero-order valence-electron chi connectivity index (χ0n) is 15.7. The zero-order valence-corrected chi connectivity index (χ0v) is 17.3. The van der Waals surface area contributed by atoms with E-state index in [2.05, 4.69) is 19.9 Å². The van der Waals surface area contributed by atoms with Crippen LogP contribution in [-0.2, 0) is 4.74 Å². The highest BCUT2D eigenvalue weighted by molar-refractivity contribution is 7.22. The molecule has 0 spiro atoms. The molecule has 0 atom stereocenters. The first-order chi connectivity index (χ1) is 13.7. The number of amides is 1. The molecule has 1 amide bonds. The van der Waals surface area contributed by atoms with E-state index < -0.39 is 0 Å². The van der Waals surface area contributed by atoms with Crippen LogP contribution in [0.5, 0.6) is 0 Å². The molecule has 0 saturated carbocycles. The van der Waals surface area contributed by atoms with Crippen LogP contribution in [0.1, 0.15) is 16.9 Å². The molecule has 29 heavy (non-hydrogen) atoms. The molecule has 0 radical (unpaired) electrons. The summed E-state index contributed by atoms with van der Waals surface area (Å²) in [5.74, 6) is -0.573. The molecule has 0 bridgehead atoms. The lowest BCUT2D eigenvalue weighted by atomic mass is 10.3. The van der Waals surface area contributed by atoms with Gasteiger partial charge in [0.25, 0.3) is 5.91 Å². The van der Waals surface area contributed by atoms with Crippen LogP contribution < -0.4 is 4.90 Å². The first kappa shape index (κ1) is 21.5. The molecule has 1 aromatic carbocycles. The normalized spacial score (nSPS) is 14.5. The molecule has 1 aliphatic heterocycles. The van der Waals surface area contributed by atoms with Crippen LogP contribution in [0.15, 0.2) is 36.8 Å². The number of anilines is 1. The molecule has 0 unspecified atom stereocenters. The SMILES string of the molecule is Cl.O=C(c1cnccn1)N(CCCN1CCOCC1)c1nc2ccc(F)cc2s1. The van der Waals surface area contributed by atoms with Gasteiger partial charge in [-0.15, -0.1) is 12.4 Å². The minimum Gasteiger partial charge on any atom is -0.379 e. The Morgan fingerprint density at radius 2 is 2.10 bits per heavy atom. The molecular formula is C19H21ClFN5O2S. The van der Waals surface area contributed by atoms with E-state index in [0.717, 1.165) is 39.3 Å². The predicted molar refractivity (Wildman–Crippen MR) is 112 cm³/mol. The van der Waals surface area contributed by atoms with Gasteiger partial charge in [-0.3, -0.25) is 19.6 Å². The lowest BCUT2D eigenvalue weighted by Crippen LogP contribution is -2.39. The monoisotopic (exact) mass is 437 g/mol. The van der Waals surface area contributed by atoms with Crippen molar-refractivity contribution in [3.05, 3.63) is 48.3 Å². The summed E-state index contributed by atoms with van der Waals surface area (Å²) in [5.41, 5.74) is 0.936. The van der Waals surface area contributed by atoms with E-state index in [4.69, 9.17) is 4.74 Å². The van der Waals surface area contributed by atoms with E-state index in [1.165, 1.54) is 42.1 Å². The van der Waals surface area contributed by atoms with Crippen molar-refractivity contribution in [3.8, 4) is 0 Å². The highest BCUT2D eigenvalue weighted by atomic mass is 35.5. The Morgan fingerprint density at radius 1 is 1.28 bits per heavy atom. The lowest BCUT2D eigenvalue weighted by Gasteiger charge is -2.27. The summed E-state index contributed by atoms with van der Waals surface area (Å²) in [5, 5.41) is 0.540. The summed E-state index contributed by atoms with van der Waals surface area (Å²) in [6, 6.07) is 4.44. The number of rotatable bonds is 6. The minimum atomic E-state index is -0.318. The Bertz CT molecular complexity index is 952. The van der Waals surface area contributed by atoms with Crippen LogP contribution >= 0.6 is 23.7 Å². The summed E-state index contributed by atoms with van der Waals surface area (Å²) in [7, 11) is 0. The molecule has 3 aromatic rings. The van der Waals surface area contributed by atoms with Gasteiger partial charge in [0.2, 0.25) is 0 Å². The second kappa shape index (κ2) is 10.0. The van der Waals surface area contributed by atoms with Crippen molar-refractivity contribution < 1.29 is 13.9 Å². The molecule has 2 aromatic heterocycles. The van der Waals surface area contributed by atoms with Gasteiger partial charge in [0.1, 0.15) is 11.5 Å². The largest absolute Gasteiger partial charge is 0.379 e. The van der Waals surface area contributed by atoms with Crippen LogP contribution in [0.4, 0.5) is 9.52 Å². The lowest BCUT2D eigenvalue weighted by molar-refractivity contribution is 0.0376. The molecule has 1 fully saturated rings. The number of benzene rings is 1. The predicted octanol–water partition coefficient (Wildman–Crippen LogP) is 3.02. The fourth-order valence-electron chi connectivity index (χ4n) is 3.11. The van der Waals surface area contributed by atoms with Gasteiger partial charge < -0.3 is 4.74 Å². The maximum Gasteiger partial charge on any atom is 0.280 e. The number of thiazole rings is 1. The highest BCUT2D eigenvalue weighted by Crippen LogP contribution is 2.30. The van der Waals surface area contributed by atoms with Crippen molar-refractivity contribution in [2.45, 2.75) is 6.42 Å². The fraction of sp³-hybridized carbons (Fsp3) is 0.368. The van der Waals surface area contributed by atoms with Crippen molar-refractivity contribution in [2.24, 2.45) is 0 Å². The number of ether oxygens (including phenoxy) is 1. The van der Waals surface area contributed by atoms with Crippen molar-refractivity contribution in [1.29, 1.82) is 0 Å². The van der Waals surface area contributed by atoms with Crippen LogP contribution in [0.2, 0.25) is 0 Å². The van der Waals surface area contributed by atoms with Crippen molar-refractivity contribution in [3.63, 3.8) is 0 Å². The Hall–Kier alpha value is -2.20. The number of hydrogen-bond acceptors (Lipinski definition) is 7. The van der Waals surface area contributed by atoms with Gasteiger partial charge >= 0.3 is 0 Å². The molecule has 7 nitrogen and oxygen atoms in total. The van der Waals surface area contributed by atoms with E-state index in [-0.39, 0.29) is 29.8 Å². The van der Waals surface area contributed by atoms with Crippen LogP contribution in [0, 0.1) is 5.82 Å². The quantitative estimate of drug-likeness (QED) is 0.590. The second-order valence-electron chi connectivity index (χ2n) is 6.46. The molecule has 0 N–H and O–H groups in total. The fourth-order valence-corrected chi connectivity index (χ4v) is 4.13. The average molecular weight is 438 g/mol. The van der Waals surface area contributed by atoms with E-state index in [0.29, 0.717) is 21.9 Å². The molecule has 1 saturated heterocycles. The standard InChI is InChI=1S/C19H20FN5O2S.ClH/c20-14-2-3-15-17(12-14)28-19(23-15)25(18(26)16-13-21-4-5-22-16)7-1-6-24-8-10-27-11-9-24;/h2-5,12-13H,1,6-11H2;1H. The summed E-state index contributed by atoms with van der Waals surface area (Å²) in [6.07, 6.45) is 5.26. The first-order valence-electron chi connectivity index (χ1n) is 9.15. The Labute approximate surface area is 177 Å². The zero-order chi connectivity index (χ0) is 19.3. The maximum atomic E-state index is 13.5. The topological polar surface area (TPSA) is 71.5 Å². The summed E-state index contributed by atoms with van der Waals surface area (Å²) in [6.45, 7) is 4.65. The Balaban J connectivity index is 0.00000240. The minimum absolute atomic E-state index is 0. The van der Waals surface area contributed by atoms with E-state index in [1.807, 2.05) is 0 Å². The number of aromatic nitrogens is 3. The third kappa shape index (κ3) is 5.24. The summed E-state index contributed by atoms with van der Waals surface area (Å²) >= 11 is 1.30. The molecule has 154 valence electrons. The van der Waals surface area contributed by atoms with Crippen LogP contribution in [0.3, 0.4) is 0 Å². The van der Waals surface area contributed by atoms with Gasteiger partial charge in [0.15, 0.2) is 5.13 Å². The number of halogens is 2. The number of nitrogens with zero attached hydrogens (tertiary/aromatic N) is 5. The van der Waals surface area contributed by atoms with Crippen LogP contribution in [0.25, 0.3) is 10.2 Å². The van der Waals surface area contributed by atoms with Crippen molar-refractivity contribution >= 4 is 45.0 Å².